The highest BCUT2D eigenvalue weighted by Gasteiger charge is 2.04. The Morgan fingerprint density at radius 3 is 2.90 bits per heavy atom. The molecule has 0 aliphatic heterocycles. The van der Waals surface area contributed by atoms with Crippen molar-refractivity contribution in [2.24, 2.45) is 0 Å². The van der Waals surface area contributed by atoms with Crippen molar-refractivity contribution in [2.45, 2.75) is 6.17 Å². The maximum atomic E-state index is 3.57. The quantitative estimate of drug-likeness (QED) is 0.241. The fraction of sp³-hybridized carbons (Fsp3) is 0.667. The van der Waals surface area contributed by atoms with Gasteiger partial charge in [0, 0.05) is 5.75 Å². The molecule has 58 valence electrons. The van der Waals surface area contributed by atoms with Crippen LogP contribution in [0.4, 0.5) is 0 Å². The van der Waals surface area contributed by atoms with Crippen LogP contribution in [0.3, 0.4) is 0 Å². The van der Waals surface area contributed by atoms with Gasteiger partial charge in [-0.1, -0.05) is 0 Å². The van der Waals surface area contributed by atoms with E-state index in [9.17, 15) is 0 Å². The van der Waals surface area contributed by atoms with E-state index in [0.29, 0.717) is 6.17 Å². The highest BCUT2D eigenvalue weighted by atomic mass is 32.2. The third-order valence-corrected chi connectivity index (χ3v) is 1.72. The minimum Gasteiger partial charge on any atom is -0.281 e. The summed E-state index contributed by atoms with van der Waals surface area (Å²) in [6, 6.07) is 0. The maximum absolute atomic E-state index is 3.57. The molecule has 0 saturated carbocycles. The summed E-state index contributed by atoms with van der Waals surface area (Å²) in [7, 11) is 1.91. The average Bonchev–Trinajstić information content (AvgIpc) is 1.98. The maximum Gasteiger partial charge on any atom is 0.331 e. The average molecular weight is 160 g/mol. The van der Waals surface area contributed by atoms with E-state index in [1.54, 1.807) is 18.1 Å². The Labute approximate surface area is 66.0 Å². The smallest absolute Gasteiger partial charge is 0.281 e. The van der Waals surface area contributed by atoms with Crippen LogP contribution in [0.5, 0.6) is 0 Å². The fourth-order valence-corrected chi connectivity index (χ4v) is 1.12. The molecule has 0 bridgehead atoms. The number of thioether (sulfide) groups is 1. The van der Waals surface area contributed by atoms with Crippen LogP contribution in [0.25, 0.3) is 0 Å². The van der Waals surface area contributed by atoms with Gasteiger partial charge in [-0.25, -0.2) is 4.67 Å². The van der Waals surface area contributed by atoms with Gasteiger partial charge in [-0.2, -0.15) is 11.8 Å². The lowest BCUT2D eigenvalue weighted by Gasteiger charge is -2.07. The molecule has 0 aromatic carbocycles. The van der Waals surface area contributed by atoms with Crippen molar-refractivity contribution in [3.63, 3.8) is 0 Å². The normalized spacial score (nSPS) is 11.8. The fourth-order valence-electron chi connectivity index (χ4n) is 0.524. The van der Waals surface area contributed by atoms with E-state index in [1.165, 1.54) is 0 Å². The molecule has 0 aromatic rings. The monoisotopic (exact) mass is 160 g/mol. The molecule has 0 radical (unpaired) electrons. The van der Waals surface area contributed by atoms with Crippen LogP contribution in [-0.2, 0) is 0 Å². The number of nitrogens with one attached hydrogen (secondary N) is 2. The molecule has 0 rings (SSSR count). The second-order valence-corrected chi connectivity index (χ2v) is 2.69. The van der Waals surface area contributed by atoms with Gasteiger partial charge in [0.25, 0.3) is 0 Å². The standard InChI is InChI=1S/C6H13N3S/c1-7-5-9-6(8-2)4-10-3/h5-6,8H,1,4H2,2-3H3/p+1. The first kappa shape index (κ1) is 9.56. The molecule has 1 unspecified atom stereocenters. The summed E-state index contributed by atoms with van der Waals surface area (Å²) < 4.78 is 3.57. The third-order valence-electron chi connectivity index (χ3n) is 1.05. The SMILES string of the molecule is C=[N+]=CNC(CSC)NC. The van der Waals surface area contributed by atoms with Crippen molar-refractivity contribution < 1.29 is 0 Å². The van der Waals surface area contributed by atoms with Gasteiger partial charge in [0.1, 0.15) is 0 Å². The molecule has 0 fully saturated rings. The van der Waals surface area contributed by atoms with Gasteiger partial charge < -0.3 is 0 Å². The lowest BCUT2D eigenvalue weighted by atomic mass is 10.6. The van der Waals surface area contributed by atoms with Gasteiger partial charge in [-0.3, -0.25) is 10.6 Å². The van der Waals surface area contributed by atoms with Crippen molar-refractivity contribution in [3.8, 4) is 0 Å². The van der Waals surface area contributed by atoms with Crippen molar-refractivity contribution in [1.82, 2.24) is 15.3 Å². The van der Waals surface area contributed by atoms with Gasteiger partial charge in [-0.05, 0) is 13.3 Å². The van der Waals surface area contributed by atoms with Crippen LogP contribution in [0.15, 0.2) is 0 Å². The van der Waals surface area contributed by atoms with Gasteiger partial charge in [0.2, 0.25) is 0 Å². The lowest BCUT2D eigenvalue weighted by Crippen LogP contribution is -2.41. The summed E-state index contributed by atoms with van der Waals surface area (Å²) in [4.78, 5) is 0. The van der Waals surface area contributed by atoms with E-state index in [0.717, 1.165) is 5.75 Å². The lowest BCUT2D eigenvalue weighted by molar-refractivity contribution is 0.592. The molecule has 2 N–H and O–H groups in total. The first-order valence-electron chi connectivity index (χ1n) is 3.05. The molecule has 0 spiro atoms. The third kappa shape index (κ3) is 4.44. The van der Waals surface area contributed by atoms with Crippen molar-refractivity contribution in [2.75, 3.05) is 19.1 Å². The molecule has 0 heterocycles. The zero-order chi connectivity index (χ0) is 7.82. The van der Waals surface area contributed by atoms with Crippen LogP contribution in [0.2, 0.25) is 0 Å². The highest BCUT2D eigenvalue weighted by Crippen LogP contribution is 1.91. The van der Waals surface area contributed by atoms with Crippen molar-refractivity contribution in [1.29, 1.82) is 0 Å². The first-order valence-corrected chi connectivity index (χ1v) is 4.44. The molecule has 10 heavy (non-hydrogen) atoms. The molecule has 0 aliphatic rings. The number of hydrogen-bond acceptors (Lipinski definition) is 2. The molecule has 4 heteroatoms. The largest absolute Gasteiger partial charge is 0.331 e. The molecule has 0 aromatic heterocycles. The van der Waals surface area contributed by atoms with E-state index >= 15 is 0 Å². The van der Waals surface area contributed by atoms with E-state index in [4.69, 9.17) is 0 Å². The van der Waals surface area contributed by atoms with Crippen molar-refractivity contribution >= 4 is 24.8 Å². The zero-order valence-corrected chi connectivity index (χ0v) is 7.24. The minimum atomic E-state index is 0.292. The number of hydrogen-bond donors (Lipinski definition) is 2. The predicted octanol–water partition coefficient (Wildman–Crippen LogP) is -0.719. The van der Waals surface area contributed by atoms with Crippen LogP contribution in [0, 0.1) is 0 Å². The second-order valence-electron chi connectivity index (χ2n) is 1.77. The first-order chi connectivity index (χ1) is 4.85. The molecule has 0 aliphatic carbocycles. The summed E-state index contributed by atoms with van der Waals surface area (Å²) in [6.45, 7) is 3.32. The van der Waals surface area contributed by atoms with Crippen LogP contribution in [0.1, 0.15) is 0 Å². The highest BCUT2D eigenvalue weighted by molar-refractivity contribution is 7.98. The Kier molecular flexibility index (Phi) is 6.38. The van der Waals surface area contributed by atoms with E-state index in [-0.39, 0.29) is 0 Å². The van der Waals surface area contributed by atoms with E-state index in [2.05, 4.69) is 28.3 Å². The Morgan fingerprint density at radius 2 is 2.50 bits per heavy atom. The summed E-state index contributed by atoms with van der Waals surface area (Å²) in [5.74, 6) is 1.02. The Bertz CT molecular complexity index is 120. The number of nitrogens with zero attached hydrogens (tertiary/aromatic N) is 1. The number of rotatable bonds is 5. The predicted molar refractivity (Wildman–Crippen MR) is 49.7 cm³/mol. The van der Waals surface area contributed by atoms with E-state index in [1.807, 2.05) is 7.05 Å². The Balaban J connectivity index is 3.48. The molecular weight excluding hydrogens is 146 g/mol. The summed E-state index contributed by atoms with van der Waals surface area (Å²) in [6.07, 6.45) is 3.95. The van der Waals surface area contributed by atoms with Crippen LogP contribution < -0.4 is 15.3 Å². The molecular formula is C6H14N3S+. The Morgan fingerprint density at radius 1 is 1.80 bits per heavy atom. The summed E-state index contributed by atoms with van der Waals surface area (Å²) >= 11 is 1.78. The molecule has 1 atom stereocenters. The van der Waals surface area contributed by atoms with Crippen LogP contribution in [-0.4, -0.2) is 38.3 Å². The van der Waals surface area contributed by atoms with Crippen molar-refractivity contribution in [3.05, 3.63) is 0 Å². The topological polar surface area (TPSA) is 38.2 Å². The van der Waals surface area contributed by atoms with E-state index < -0.39 is 0 Å². The minimum absolute atomic E-state index is 0.292. The van der Waals surface area contributed by atoms with Gasteiger partial charge in [0.15, 0.2) is 12.9 Å². The van der Waals surface area contributed by atoms with Gasteiger partial charge >= 0.3 is 6.34 Å². The Hall–Kier alpha value is -0.440. The van der Waals surface area contributed by atoms with Crippen LogP contribution >= 0.6 is 11.8 Å². The summed E-state index contributed by atoms with van der Waals surface area (Å²) in [5, 5.41) is 6.12. The molecule has 0 amide bonds. The molecule has 3 nitrogen and oxygen atoms in total. The summed E-state index contributed by atoms with van der Waals surface area (Å²) in [5.41, 5.74) is 0. The second kappa shape index (κ2) is 6.68. The van der Waals surface area contributed by atoms with Gasteiger partial charge in [0.05, 0.1) is 0 Å². The molecule has 0 saturated heterocycles. The van der Waals surface area contributed by atoms with Gasteiger partial charge in [-0.15, -0.1) is 0 Å². The zero-order valence-electron chi connectivity index (χ0n) is 6.42.